The van der Waals surface area contributed by atoms with Crippen LogP contribution < -0.4 is 0 Å². The molecule has 0 spiro atoms. The molecule has 1 aromatic carbocycles. The molecule has 2 aromatic heterocycles. The van der Waals surface area contributed by atoms with Crippen molar-refractivity contribution < 1.29 is 9.90 Å². The minimum atomic E-state index is -0.941. The smallest absolute Gasteiger partial charge is 0.335 e. The van der Waals surface area contributed by atoms with Crippen molar-refractivity contribution in [1.82, 2.24) is 9.55 Å². The molecule has 0 radical (unpaired) electrons. The van der Waals surface area contributed by atoms with Crippen LogP contribution >= 0.6 is 22.9 Å². The Morgan fingerprint density at radius 3 is 2.85 bits per heavy atom. The third kappa shape index (κ3) is 2.30. The van der Waals surface area contributed by atoms with Gasteiger partial charge in [0.15, 0.2) is 0 Å². The van der Waals surface area contributed by atoms with E-state index in [-0.39, 0.29) is 5.56 Å². The number of aromatic carboxylic acids is 1. The number of carbonyl (C=O) groups is 1. The maximum absolute atomic E-state index is 11.0. The molecule has 3 aromatic rings. The summed E-state index contributed by atoms with van der Waals surface area (Å²) in [6.45, 7) is 2.60. The molecule has 20 heavy (non-hydrogen) atoms. The molecule has 0 aliphatic rings. The van der Waals surface area contributed by atoms with Crippen LogP contribution in [-0.2, 0) is 6.54 Å². The van der Waals surface area contributed by atoms with Gasteiger partial charge in [-0.1, -0.05) is 11.6 Å². The van der Waals surface area contributed by atoms with Crippen molar-refractivity contribution in [2.45, 2.75) is 13.5 Å². The molecule has 0 fully saturated rings. The molecule has 0 saturated heterocycles. The van der Waals surface area contributed by atoms with Gasteiger partial charge in [0.25, 0.3) is 0 Å². The second kappa shape index (κ2) is 4.92. The quantitative estimate of drug-likeness (QED) is 0.800. The molecule has 0 atom stereocenters. The molecule has 0 bridgehead atoms. The van der Waals surface area contributed by atoms with Crippen LogP contribution in [0.3, 0.4) is 0 Å². The van der Waals surface area contributed by atoms with Crippen molar-refractivity contribution in [2.24, 2.45) is 0 Å². The molecule has 0 saturated carbocycles. The predicted molar refractivity (Wildman–Crippen MR) is 79.9 cm³/mol. The zero-order chi connectivity index (χ0) is 14.3. The highest BCUT2D eigenvalue weighted by Gasteiger charge is 2.11. The minimum Gasteiger partial charge on any atom is -0.478 e. The van der Waals surface area contributed by atoms with Gasteiger partial charge in [-0.15, -0.1) is 11.3 Å². The van der Waals surface area contributed by atoms with E-state index in [2.05, 4.69) is 9.55 Å². The lowest BCUT2D eigenvalue weighted by Crippen LogP contribution is -2.00. The lowest BCUT2D eigenvalue weighted by molar-refractivity contribution is 0.0697. The van der Waals surface area contributed by atoms with Crippen LogP contribution in [0.15, 0.2) is 30.3 Å². The maximum Gasteiger partial charge on any atom is 0.335 e. The molecule has 4 nitrogen and oxygen atoms in total. The van der Waals surface area contributed by atoms with Gasteiger partial charge in [0.2, 0.25) is 0 Å². The minimum absolute atomic E-state index is 0.251. The van der Waals surface area contributed by atoms with Crippen molar-refractivity contribution in [2.75, 3.05) is 0 Å². The first kappa shape index (κ1) is 13.1. The average Bonchev–Trinajstić information content (AvgIpc) is 2.94. The van der Waals surface area contributed by atoms with Crippen molar-refractivity contribution in [3.8, 4) is 0 Å². The number of thiophene rings is 1. The average molecular weight is 307 g/mol. The maximum atomic E-state index is 11.0. The molecule has 3 rings (SSSR count). The highest BCUT2D eigenvalue weighted by atomic mass is 35.5. The van der Waals surface area contributed by atoms with E-state index in [1.54, 1.807) is 18.2 Å². The summed E-state index contributed by atoms with van der Waals surface area (Å²) in [5.41, 5.74) is 1.88. The van der Waals surface area contributed by atoms with Gasteiger partial charge < -0.3 is 9.67 Å². The topological polar surface area (TPSA) is 55.1 Å². The van der Waals surface area contributed by atoms with E-state index < -0.39 is 5.97 Å². The van der Waals surface area contributed by atoms with Crippen LogP contribution in [-0.4, -0.2) is 20.6 Å². The van der Waals surface area contributed by atoms with Crippen molar-refractivity contribution in [3.63, 3.8) is 0 Å². The van der Waals surface area contributed by atoms with Crippen molar-refractivity contribution >= 4 is 39.9 Å². The van der Waals surface area contributed by atoms with Gasteiger partial charge >= 0.3 is 5.97 Å². The number of imidazole rings is 1. The normalized spacial score (nSPS) is 11.1. The first-order valence-corrected chi connectivity index (χ1v) is 7.18. The number of hydrogen-bond donors (Lipinski definition) is 1. The Hall–Kier alpha value is -1.85. The van der Waals surface area contributed by atoms with Gasteiger partial charge in [0, 0.05) is 4.88 Å². The first-order valence-electron chi connectivity index (χ1n) is 5.99. The standard InChI is InChI=1S/C14H11ClN2O2S/c1-8-16-11-6-9(14(18)19)2-4-12(11)17(8)7-10-3-5-13(15)20-10/h2-6H,7H2,1H3,(H,18,19). The second-order valence-corrected chi connectivity index (χ2v) is 6.26. The number of carboxylic acids is 1. The molecular formula is C14H11ClN2O2S. The summed E-state index contributed by atoms with van der Waals surface area (Å²) in [4.78, 5) is 16.6. The second-order valence-electron chi connectivity index (χ2n) is 4.46. The largest absolute Gasteiger partial charge is 0.478 e. The summed E-state index contributed by atoms with van der Waals surface area (Å²) >= 11 is 7.48. The number of rotatable bonds is 3. The first-order chi connectivity index (χ1) is 9.54. The Morgan fingerprint density at radius 2 is 2.20 bits per heavy atom. The molecule has 1 N–H and O–H groups in total. The lowest BCUT2D eigenvalue weighted by Gasteiger charge is -2.04. The third-order valence-electron chi connectivity index (χ3n) is 3.13. The molecule has 102 valence electrons. The van der Waals surface area contributed by atoms with Crippen LogP contribution in [0.25, 0.3) is 11.0 Å². The molecule has 6 heteroatoms. The summed E-state index contributed by atoms with van der Waals surface area (Å²) in [6.07, 6.45) is 0. The number of aryl methyl sites for hydroxylation is 1. The van der Waals surface area contributed by atoms with Crippen LogP contribution in [0.2, 0.25) is 4.34 Å². The van der Waals surface area contributed by atoms with E-state index in [9.17, 15) is 4.79 Å². The fourth-order valence-electron chi connectivity index (χ4n) is 2.18. The monoisotopic (exact) mass is 306 g/mol. The highest BCUT2D eigenvalue weighted by Crippen LogP contribution is 2.25. The van der Waals surface area contributed by atoms with Crippen molar-refractivity contribution in [3.05, 3.63) is 50.9 Å². The fraction of sp³-hybridized carbons (Fsp3) is 0.143. The number of benzene rings is 1. The molecule has 0 amide bonds. The Morgan fingerprint density at radius 1 is 1.40 bits per heavy atom. The zero-order valence-corrected chi connectivity index (χ0v) is 12.2. The number of carboxylic acid groups (broad SMARTS) is 1. The van der Waals surface area contributed by atoms with Gasteiger partial charge in [0.1, 0.15) is 5.82 Å². The SMILES string of the molecule is Cc1nc2cc(C(=O)O)ccc2n1Cc1ccc(Cl)s1. The molecular weight excluding hydrogens is 296 g/mol. The molecule has 0 aliphatic carbocycles. The lowest BCUT2D eigenvalue weighted by atomic mass is 10.2. The van der Waals surface area contributed by atoms with Crippen LogP contribution in [0.5, 0.6) is 0 Å². The number of halogens is 1. The van der Waals surface area contributed by atoms with E-state index in [1.165, 1.54) is 11.3 Å². The summed E-state index contributed by atoms with van der Waals surface area (Å²) in [5, 5.41) is 9.01. The van der Waals surface area contributed by atoms with Gasteiger partial charge in [-0.05, 0) is 37.3 Å². The summed E-state index contributed by atoms with van der Waals surface area (Å²) in [5.74, 6) is -0.0868. The summed E-state index contributed by atoms with van der Waals surface area (Å²) in [6, 6.07) is 8.86. The van der Waals surface area contributed by atoms with Gasteiger partial charge in [0.05, 0.1) is 27.5 Å². The molecule has 0 aliphatic heterocycles. The fourth-order valence-corrected chi connectivity index (χ4v) is 3.25. The summed E-state index contributed by atoms with van der Waals surface area (Å²) < 4.78 is 2.82. The Kier molecular flexibility index (Phi) is 3.23. The predicted octanol–water partition coefficient (Wildman–Crippen LogP) is 3.81. The number of fused-ring (bicyclic) bond motifs is 1. The molecule has 0 unspecified atom stereocenters. The van der Waals surface area contributed by atoms with E-state index in [1.807, 2.05) is 19.1 Å². The van der Waals surface area contributed by atoms with Gasteiger partial charge in [-0.25, -0.2) is 9.78 Å². The number of hydrogen-bond acceptors (Lipinski definition) is 3. The third-order valence-corrected chi connectivity index (χ3v) is 4.34. The summed E-state index contributed by atoms with van der Waals surface area (Å²) in [7, 11) is 0. The van der Waals surface area contributed by atoms with Crippen LogP contribution in [0, 0.1) is 6.92 Å². The van der Waals surface area contributed by atoms with E-state index in [4.69, 9.17) is 16.7 Å². The molecule has 2 heterocycles. The van der Waals surface area contributed by atoms with E-state index in [0.717, 1.165) is 20.6 Å². The zero-order valence-electron chi connectivity index (χ0n) is 10.6. The van der Waals surface area contributed by atoms with Crippen LogP contribution in [0.1, 0.15) is 21.1 Å². The van der Waals surface area contributed by atoms with E-state index in [0.29, 0.717) is 12.1 Å². The number of aromatic nitrogens is 2. The highest BCUT2D eigenvalue weighted by molar-refractivity contribution is 7.16. The Labute approximate surface area is 124 Å². The number of nitrogens with zero attached hydrogens (tertiary/aromatic N) is 2. The van der Waals surface area contributed by atoms with Crippen LogP contribution in [0.4, 0.5) is 0 Å². The Balaban J connectivity index is 2.06. The van der Waals surface area contributed by atoms with E-state index >= 15 is 0 Å². The van der Waals surface area contributed by atoms with Gasteiger partial charge in [-0.3, -0.25) is 0 Å². The van der Waals surface area contributed by atoms with Gasteiger partial charge in [-0.2, -0.15) is 0 Å². The van der Waals surface area contributed by atoms with Crippen molar-refractivity contribution in [1.29, 1.82) is 0 Å². The Bertz CT molecular complexity index is 807.